The number of sulfone groups is 1. The second-order valence-corrected chi connectivity index (χ2v) is 8.47. The highest BCUT2D eigenvalue weighted by Gasteiger charge is 2.33. The lowest BCUT2D eigenvalue weighted by atomic mass is 10.1. The average molecular weight is 336 g/mol. The van der Waals surface area contributed by atoms with Gasteiger partial charge in [-0.3, -0.25) is 9.59 Å². The Kier molecular flexibility index (Phi) is 4.14. The molecule has 124 valence electrons. The summed E-state index contributed by atoms with van der Waals surface area (Å²) < 4.78 is 22.9. The Labute approximate surface area is 135 Å². The first-order valence-electron chi connectivity index (χ1n) is 7.78. The number of carbonyl (C=O) groups excluding carboxylic acids is 2. The van der Waals surface area contributed by atoms with E-state index < -0.39 is 15.8 Å². The molecule has 7 heteroatoms. The Morgan fingerprint density at radius 1 is 1.35 bits per heavy atom. The topological polar surface area (TPSA) is 83.6 Å². The second-order valence-electron chi connectivity index (χ2n) is 6.24. The minimum Gasteiger partial charge on any atom is -0.326 e. The highest BCUT2D eigenvalue weighted by molar-refractivity contribution is 7.91. The van der Waals surface area contributed by atoms with Gasteiger partial charge in [0.1, 0.15) is 0 Å². The molecule has 0 radical (unpaired) electrons. The van der Waals surface area contributed by atoms with E-state index in [0.717, 1.165) is 24.2 Å². The first kappa shape index (κ1) is 16.0. The molecule has 0 unspecified atom stereocenters. The van der Waals surface area contributed by atoms with Crippen LogP contribution in [-0.4, -0.2) is 38.3 Å². The second kappa shape index (κ2) is 5.96. The van der Waals surface area contributed by atoms with Crippen molar-refractivity contribution in [3.05, 3.63) is 23.8 Å². The quantitative estimate of drug-likeness (QED) is 0.906. The minimum atomic E-state index is -3.07. The predicted octanol–water partition coefficient (Wildman–Crippen LogP) is 1.50. The number of benzene rings is 1. The van der Waals surface area contributed by atoms with Crippen LogP contribution < -0.4 is 10.2 Å². The van der Waals surface area contributed by atoms with Crippen LogP contribution in [0.25, 0.3) is 0 Å². The summed E-state index contributed by atoms with van der Waals surface area (Å²) in [6.07, 6.45) is 1.83. The highest BCUT2D eigenvalue weighted by Crippen LogP contribution is 2.28. The molecule has 2 saturated heterocycles. The first-order chi connectivity index (χ1) is 10.9. The van der Waals surface area contributed by atoms with E-state index >= 15 is 0 Å². The van der Waals surface area contributed by atoms with Gasteiger partial charge < -0.3 is 10.2 Å². The lowest BCUT2D eigenvalue weighted by Crippen LogP contribution is -2.25. The Morgan fingerprint density at radius 2 is 2.13 bits per heavy atom. The third-order valence-corrected chi connectivity index (χ3v) is 6.20. The number of amides is 2. The van der Waals surface area contributed by atoms with Crippen LogP contribution in [0.4, 0.5) is 11.4 Å². The largest absolute Gasteiger partial charge is 0.326 e. The van der Waals surface area contributed by atoms with Crippen LogP contribution in [-0.2, 0) is 19.4 Å². The van der Waals surface area contributed by atoms with Gasteiger partial charge in [0.05, 0.1) is 17.4 Å². The summed E-state index contributed by atoms with van der Waals surface area (Å²) in [7, 11) is -3.07. The molecular weight excluding hydrogens is 316 g/mol. The van der Waals surface area contributed by atoms with Gasteiger partial charge in [0.2, 0.25) is 11.8 Å². The van der Waals surface area contributed by atoms with E-state index in [0.29, 0.717) is 18.5 Å². The van der Waals surface area contributed by atoms with Gasteiger partial charge in [0.15, 0.2) is 9.84 Å². The maximum Gasteiger partial charge on any atom is 0.228 e. The number of nitrogens with one attached hydrogen (secondary N) is 1. The molecule has 6 nitrogen and oxygen atoms in total. The van der Waals surface area contributed by atoms with Crippen LogP contribution >= 0.6 is 0 Å². The van der Waals surface area contributed by atoms with Crippen LogP contribution in [0.1, 0.15) is 24.8 Å². The Hall–Kier alpha value is -1.89. The van der Waals surface area contributed by atoms with Gasteiger partial charge in [-0.25, -0.2) is 8.42 Å². The third-order valence-electron chi connectivity index (χ3n) is 4.43. The number of hydrogen-bond donors (Lipinski definition) is 1. The smallest absolute Gasteiger partial charge is 0.228 e. The van der Waals surface area contributed by atoms with E-state index in [2.05, 4.69) is 5.32 Å². The summed E-state index contributed by atoms with van der Waals surface area (Å²) in [5.41, 5.74) is 2.42. The van der Waals surface area contributed by atoms with Crippen molar-refractivity contribution in [3.8, 4) is 0 Å². The summed E-state index contributed by atoms with van der Waals surface area (Å²) in [6.45, 7) is 2.63. The molecule has 2 amide bonds. The van der Waals surface area contributed by atoms with Crippen molar-refractivity contribution >= 4 is 33.0 Å². The molecule has 0 bridgehead atoms. The number of nitrogens with zero attached hydrogens (tertiary/aromatic N) is 1. The average Bonchev–Trinajstić information content (AvgIpc) is 3.05. The van der Waals surface area contributed by atoms with Crippen molar-refractivity contribution in [1.82, 2.24) is 0 Å². The molecule has 0 spiro atoms. The number of anilines is 2. The van der Waals surface area contributed by atoms with Gasteiger partial charge in [-0.05, 0) is 43.5 Å². The minimum absolute atomic E-state index is 0.0713. The maximum atomic E-state index is 12.2. The molecule has 2 heterocycles. The van der Waals surface area contributed by atoms with E-state index in [1.807, 2.05) is 19.1 Å². The van der Waals surface area contributed by atoms with Gasteiger partial charge in [0, 0.05) is 24.3 Å². The molecule has 3 rings (SSSR count). The maximum absolute atomic E-state index is 12.2. The lowest BCUT2D eigenvalue weighted by Gasteiger charge is -2.19. The van der Waals surface area contributed by atoms with Crippen molar-refractivity contribution in [2.45, 2.75) is 26.2 Å². The zero-order valence-corrected chi connectivity index (χ0v) is 13.9. The Balaban J connectivity index is 1.71. The van der Waals surface area contributed by atoms with Gasteiger partial charge in [-0.15, -0.1) is 0 Å². The van der Waals surface area contributed by atoms with Crippen molar-refractivity contribution in [1.29, 1.82) is 0 Å². The third kappa shape index (κ3) is 3.39. The van der Waals surface area contributed by atoms with E-state index in [9.17, 15) is 18.0 Å². The van der Waals surface area contributed by atoms with Crippen LogP contribution in [0, 0.1) is 12.8 Å². The number of aryl methyl sites for hydroxylation is 1. The Morgan fingerprint density at radius 3 is 2.70 bits per heavy atom. The molecule has 2 aliphatic heterocycles. The summed E-state index contributed by atoms with van der Waals surface area (Å²) in [6, 6.07) is 5.41. The Bertz CT molecular complexity index is 757. The van der Waals surface area contributed by atoms with E-state index in [4.69, 9.17) is 0 Å². The molecule has 1 aromatic rings. The van der Waals surface area contributed by atoms with Gasteiger partial charge >= 0.3 is 0 Å². The summed E-state index contributed by atoms with van der Waals surface area (Å²) in [4.78, 5) is 25.8. The molecule has 2 aliphatic rings. The molecular formula is C16H20N2O4S. The number of hydrogen-bond acceptors (Lipinski definition) is 4. The van der Waals surface area contributed by atoms with E-state index in [1.54, 1.807) is 11.0 Å². The summed E-state index contributed by atoms with van der Waals surface area (Å²) >= 11 is 0. The van der Waals surface area contributed by atoms with Crippen molar-refractivity contribution in [2.24, 2.45) is 5.92 Å². The molecule has 1 aromatic carbocycles. The molecule has 0 saturated carbocycles. The molecule has 0 aliphatic carbocycles. The van der Waals surface area contributed by atoms with E-state index in [1.165, 1.54) is 0 Å². The van der Waals surface area contributed by atoms with Crippen LogP contribution in [0.5, 0.6) is 0 Å². The molecule has 0 aromatic heterocycles. The van der Waals surface area contributed by atoms with Crippen molar-refractivity contribution < 1.29 is 18.0 Å². The lowest BCUT2D eigenvalue weighted by molar-refractivity contribution is -0.119. The van der Waals surface area contributed by atoms with Crippen molar-refractivity contribution in [2.75, 3.05) is 28.3 Å². The number of carbonyl (C=O) groups is 2. The van der Waals surface area contributed by atoms with E-state index in [-0.39, 0.29) is 23.3 Å². The summed E-state index contributed by atoms with van der Waals surface area (Å²) in [5.74, 6) is -0.588. The fourth-order valence-electron chi connectivity index (χ4n) is 3.19. The summed E-state index contributed by atoms with van der Waals surface area (Å²) in [5, 5.41) is 2.78. The highest BCUT2D eigenvalue weighted by atomic mass is 32.2. The zero-order valence-electron chi connectivity index (χ0n) is 13.0. The predicted molar refractivity (Wildman–Crippen MR) is 88.2 cm³/mol. The van der Waals surface area contributed by atoms with Gasteiger partial charge in [-0.1, -0.05) is 0 Å². The van der Waals surface area contributed by atoms with Crippen molar-refractivity contribution in [3.63, 3.8) is 0 Å². The normalized spacial score (nSPS) is 23.3. The monoisotopic (exact) mass is 336 g/mol. The molecule has 23 heavy (non-hydrogen) atoms. The molecule has 1 atom stereocenters. The molecule has 1 N–H and O–H groups in total. The molecule has 2 fully saturated rings. The standard InChI is InChI=1S/C16H20N2O4S/c1-11-9-13(4-5-14(11)18-7-2-3-15(18)19)17-16(20)12-6-8-23(21,22)10-12/h4-5,9,12H,2-3,6-8,10H2,1H3,(H,17,20)/t12-/m0/s1. The van der Waals surface area contributed by atoms with Crippen LogP contribution in [0.2, 0.25) is 0 Å². The number of rotatable bonds is 3. The fourth-order valence-corrected chi connectivity index (χ4v) is 4.93. The van der Waals surface area contributed by atoms with Gasteiger partial charge in [-0.2, -0.15) is 0 Å². The fraction of sp³-hybridized carbons (Fsp3) is 0.500. The SMILES string of the molecule is Cc1cc(NC(=O)[C@H]2CCS(=O)(=O)C2)ccc1N1CCCC1=O. The van der Waals surface area contributed by atoms with Crippen LogP contribution in [0.15, 0.2) is 18.2 Å². The van der Waals surface area contributed by atoms with Gasteiger partial charge in [0.25, 0.3) is 0 Å². The van der Waals surface area contributed by atoms with Crippen LogP contribution in [0.3, 0.4) is 0 Å². The first-order valence-corrected chi connectivity index (χ1v) is 9.60. The zero-order chi connectivity index (χ0) is 16.6.